The summed E-state index contributed by atoms with van der Waals surface area (Å²) >= 11 is 6.06. The fourth-order valence-electron chi connectivity index (χ4n) is 3.09. The molecule has 1 spiro atoms. The lowest BCUT2D eigenvalue weighted by Crippen LogP contribution is -2.54. The van der Waals surface area contributed by atoms with Crippen molar-refractivity contribution in [3.8, 4) is 5.75 Å². The lowest BCUT2D eigenvalue weighted by Gasteiger charge is -2.44. The summed E-state index contributed by atoms with van der Waals surface area (Å²) in [6, 6.07) is 0.797. The molecule has 1 heterocycles. The number of phenolic OH excluding ortho intramolecular Hbond substituents is 1. The second-order valence-electron chi connectivity index (χ2n) is 5.56. The van der Waals surface area contributed by atoms with E-state index in [4.69, 9.17) is 17.3 Å². The number of fused-ring (bicyclic) bond motifs is 2. The Morgan fingerprint density at radius 1 is 1.29 bits per heavy atom. The molecule has 0 unspecified atom stereocenters. The molecule has 0 atom stereocenters. The molecule has 1 saturated carbocycles. The van der Waals surface area contributed by atoms with E-state index in [0.29, 0.717) is 5.56 Å². The molecule has 2 aliphatic rings. The van der Waals surface area contributed by atoms with Crippen LogP contribution in [0.2, 0.25) is 5.02 Å². The Balaban J connectivity index is 2.16. The maximum atomic E-state index is 13.4. The maximum Gasteiger partial charge on any atom is 0.319 e. The Hall–Kier alpha value is -1.76. The standard InChI is InChI=1S/C13H14ClF2N3O2/c14-6-5-7(17)10(20)8-9(6)18-11(21)19-12(8)1-3-13(15,16)4-2-12/h5,20H,1-4,17H2,(H2,18,19,21). The molecule has 1 aromatic carbocycles. The molecule has 5 N–H and O–H groups in total. The van der Waals surface area contributed by atoms with E-state index < -0.39 is 17.5 Å². The average molecular weight is 318 g/mol. The highest BCUT2D eigenvalue weighted by Gasteiger charge is 2.49. The van der Waals surface area contributed by atoms with E-state index in [1.54, 1.807) is 0 Å². The minimum atomic E-state index is -2.76. The van der Waals surface area contributed by atoms with Crippen LogP contribution in [-0.2, 0) is 5.54 Å². The number of hydrogen-bond acceptors (Lipinski definition) is 3. The van der Waals surface area contributed by atoms with Gasteiger partial charge in [0.1, 0.15) is 5.75 Å². The van der Waals surface area contributed by atoms with Gasteiger partial charge in [0, 0.05) is 18.4 Å². The zero-order valence-corrected chi connectivity index (χ0v) is 11.7. The molecule has 114 valence electrons. The number of hydrogen-bond donors (Lipinski definition) is 4. The normalized spacial score (nSPS) is 22.3. The third-order valence-electron chi connectivity index (χ3n) is 4.19. The fraction of sp³-hybridized carbons (Fsp3) is 0.462. The number of anilines is 2. The van der Waals surface area contributed by atoms with Crippen LogP contribution in [0.25, 0.3) is 0 Å². The number of carbonyl (C=O) groups excluding carboxylic acids is 1. The first-order chi connectivity index (χ1) is 9.74. The minimum Gasteiger partial charge on any atom is -0.505 e. The first-order valence-corrected chi connectivity index (χ1v) is 6.90. The largest absolute Gasteiger partial charge is 0.505 e. The van der Waals surface area contributed by atoms with Crippen molar-refractivity contribution in [1.29, 1.82) is 0 Å². The lowest BCUT2D eigenvalue weighted by atomic mass is 9.73. The van der Waals surface area contributed by atoms with Crippen LogP contribution in [0, 0.1) is 0 Å². The number of amides is 2. The van der Waals surface area contributed by atoms with Gasteiger partial charge in [-0.05, 0) is 18.9 Å². The van der Waals surface area contributed by atoms with Gasteiger partial charge in [-0.3, -0.25) is 0 Å². The molecule has 0 saturated heterocycles. The van der Waals surface area contributed by atoms with E-state index in [-0.39, 0.29) is 47.8 Å². The van der Waals surface area contributed by atoms with Gasteiger partial charge in [-0.1, -0.05) is 11.6 Å². The molecular weight excluding hydrogens is 304 g/mol. The molecule has 1 fully saturated rings. The van der Waals surface area contributed by atoms with Gasteiger partial charge in [0.05, 0.1) is 21.9 Å². The Morgan fingerprint density at radius 2 is 1.90 bits per heavy atom. The smallest absolute Gasteiger partial charge is 0.319 e. The highest BCUT2D eigenvalue weighted by Crippen LogP contribution is 2.53. The summed E-state index contributed by atoms with van der Waals surface area (Å²) in [5.74, 6) is -2.99. The number of alkyl halides is 2. The number of phenols is 1. The molecule has 3 rings (SSSR count). The van der Waals surface area contributed by atoms with Crippen LogP contribution < -0.4 is 16.4 Å². The third kappa shape index (κ3) is 2.16. The van der Waals surface area contributed by atoms with Gasteiger partial charge in [0.2, 0.25) is 5.92 Å². The monoisotopic (exact) mass is 317 g/mol. The van der Waals surface area contributed by atoms with Crippen molar-refractivity contribution in [2.45, 2.75) is 37.1 Å². The van der Waals surface area contributed by atoms with Crippen molar-refractivity contribution in [2.24, 2.45) is 0 Å². The lowest BCUT2D eigenvalue weighted by molar-refractivity contribution is -0.0555. The number of urea groups is 1. The highest BCUT2D eigenvalue weighted by atomic mass is 35.5. The van der Waals surface area contributed by atoms with E-state index >= 15 is 0 Å². The summed E-state index contributed by atoms with van der Waals surface area (Å²) < 4.78 is 26.9. The number of benzene rings is 1. The zero-order chi connectivity index (χ0) is 15.4. The van der Waals surface area contributed by atoms with Gasteiger partial charge in [-0.2, -0.15) is 0 Å². The van der Waals surface area contributed by atoms with Crippen molar-refractivity contribution < 1.29 is 18.7 Å². The predicted octanol–water partition coefficient (Wildman–Crippen LogP) is 3.17. The predicted molar refractivity (Wildman–Crippen MR) is 74.8 cm³/mol. The number of nitrogens with two attached hydrogens (primary N) is 1. The van der Waals surface area contributed by atoms with Crippen LogP contribution >= 0.6 is 11.6 Å². The second-order valence-corrected chi connectivity index (χ2v) is 5.97. The summed E-state index contributed by atoms with van der Waals surface area (Å²) in [6.45, 7) is 0. The Kier molecular flexibility index (Phi) is 2.95. The van der Waals surface area contributed by atoms with E-state index in [0.717, 1.165) is 0 Å². The molecule has 21 heavy (non-hydrogen) atoms. The molecule has 5 nitrogen and oxygen atoms in total. The summed E-state index contributed by atoms with van der Waals surface area (Å²) in [7, 11) is 0. The van der Waals surface area contributed by atoms with Gasteiger partial charge in [-0.15, -0.1) is 0 Å². The SMILES string of the molecule is Nc1cc(Cl)c2c(c1O)C1(CCC(F)(F)CC1)NC(=O)N2. The van der Waals surface area contributed by atoms with E-state index in [1.165, 1.54) is 6.07 Å². The van der Waals surface area contributed by atoms with Gasteiger partial charge in [0.15, 0.2) is 0 Å². The number of nitrogen functional groups attached to an aromatic ring is 1. The van der Waals surface area contributed by atoms with E-state index in [2.05, 4.69) is 10.6 Å². The van der Waals surface area contributed by atoms with Gasteiger partial charge < -0.3 is 21.5 Å². The van der Waals surface area contributed by atoms with Crippen molar-refractivity contribution in [3.63, 3.8) is 0 Å². The van der Waals surface area contributed by atoms with Crippen molar-refractivity contribution in [1.82, 2.24) is 5.32 Å². The first-order valence-electron chi connectivity index (χ1n) is 6.52. The highest BCUT2D eigenvalue weighted by molar-refractivity contribution is 6.34. The number of rotatable bonds is 0. The quantitative estimate of drug-likeness (QED) is 0.438. The van der Waals surface area contributed by atoms with E-state index in [9.17, 15) is 18.7 Å². The Morgan fingerprint density at radius 3 is 2.52 bits per heavy atom. The fourth-order valence-corrected chi connectivity index (χ4v) is 3.35. The van der Waals surface area contributed by atoms with Gasteiger partial charge in [0.25, 0.3) is 0 Å². The summed E-state index contributed by atoms with van der Waals surface area (Å²) in [5.41, 5.74) is 5.21. The molecule has 0 aromatic heterocycles. The first kappa shape index (κ1) is 14.2. The number of aromatic hydroxyl groups is 1. The average Bonchev–Trinajstić information content (AvgIpc) is 2.39. The Bertz CT molecular complexity index is 626. The van der Waals surface area contributed by atoms with Crippen LogP contribution in [0.1, 0.15) is 31.2 Å². The molecule has 0 radical (unpaired) electrons. The van der Waals surface area contributed by atoms with E-state index in [1.807, 2.05) is 0 Å². The van der Waals surface area contributed by atoms with Crippen LogP contribution in [0.15, 0.2) is 6.07 Å². The van der Waals surface area contributed by atoms with Crippen molar-refractivity contribution in [2.75, 3.05) is 11.1 Å². The van der Waals surface area contributed by atoms with Crippen LogP contribution in [-0.4, -0.2) is 17.1 Å². The van der Waals surface area contributed by atoms with Crippen molar-refractivity contribution in [3.05, 3.63) is 16.7 Å². The maximum absolute atomic E-state index is 13.4. The number of nitrogens with one attached hydrogen (secondary N) is 2. The molecular formula is C13H14ClF2N3O2. The van der Waals surface area contributed by atoms with Crippen molar-refractivity contribution >= 4 is 29.0 Å². The number of halogens is 3. The van der Waals surface area contributed by atoms with Crippen LogP contribution in [0.3, 0.4) is 0 Å². The van der Waals surface area contributed by atoms with Crippen LogP contribution in [0.4, 0.5) is 25.0 Å². The Labute approximate surface area is 124 Å². The summed E-state index contributed by atoms with van der Waals surface area (Å²) in [5, 5.41) is 15.6. The molecule has 8 heteroatoms. The van der Waals surface area contributed by atoms with Gasteiger partial charge >= 0.3 is 6.03 Å². The molecule has 1 aliphatic heterocycles. The zero-order valence-electron chi connectivity index (χ0n) is 11.0. The van der Waals surface area contributed by atoms with Gasteiger partial charge in [-0.25, -0.2) is 13.6 Å². The summed E-state index contributed by atoms with van der Waals surface area (Å²) in [6.07, 6.45) is -0.737. The third-order valence-corrected chi connectivity index (χ3v) is 4.48. The molecule has 1 aliphatic carbocycles. The minimum absolute atomic E-state index is 0.00770. The molecule has 2 amide bonds. The second kappa shape index (κ2) is 4.37. The number of carbonyl (C=O) groups is 1. The van der Waals surface area contributed by atoms with Crippen LogP contribution in [0.5, 0.6) is 5.75 Å². The molecule has 0 bridgehead atoms. The topological polar surface area (TPSA) is 87.4 Å². The molecule has 1 aromatic rings. The summed E-state index contributed by atoms with van der Waals surface area (Å²) in [4.78, 5) is 11.8.